The first-order valence-electron chi connectivity index (χ1n) is 8.50. The minimum atomic E-state index is -4.90. The van der Waals surface area contributed by atoms with Crippen LogP contribution in [-0.2, 0) is 25.8 Å². The lowest BCUT2D eigenvalue weighted by molar-refractivity contribution is -0.205. The van der Waals surface area contributed by atoms with Gasteiger partial charge in [0.15, 0.2) is 11.5 Å². The molecule has 5 atom stereocenters. The van der Waals surface area contributed by atoms with Gasteiger partial charge in [0.1, 0.15) is 34.9 Å². The van der Waals surface area contributed by atoms with Crippen LogP contribution in [0.15, 0.2) is 23.4 Å². The second kappa shape index (κ2) is 10.6. The van der Waals surface area contributed by atoms with Crippen LogP contribution >= 0.6 is 11.8 Å². The van der Waals surface area contributed by atoms with E-state index < -0.39 is 46.9 Å². The summed E-state index contributed by atoms with van der Waals surface area (Å²) in [6, 6.07) is 4.84. The van der Waals surface area contributed by atoms with Crippen molar-refractivity contribution in [2.75, 3.05) is 20.8 Å². The number of aliphatic hydroxyl groups is 4. The highest BCUT2D eigenvalue weighted by atomic mass is 32.3. The van der Waals surface area contributed by atoms with Crippen LogP contribution in [0.5, 0.6) is 11.5 Å². The van der Waals surface area contributed by atoms with Crippen molar-refractivity contribution in [2.24, 2.45) is 5.16 Å². The topological polar surface area (TPSA) is 185 Å². The minimum absolute atomic E-state index is 0.0461. The molecule has 1 fully saturated rings. The average Bonchev–Trinajstić information content (AvgIpc) is 2.71. The summed E-state index contributed by atoms with van der Waals surface area (Å²) in [5.41, 5.74) is -0.660. The van der Waals surface area contributed by atoms with Gasteiger partial charge in [-0.25, -0.2) is 4.28 Å². The molecule has 0 aliphatic carbocycles. The van der Waals surface area contributed by atoms with E-state index >= 15 is 0 Å². The summed E-state index contributed by atoms with van der Waals surface area (Å²) >= 11 is 0.681. The van der Waals surface area contributed by atoms with Crippen LogP contribution in [0, 0.1) is 0 Å². The van der Waals surface area contributed by atoms with Crippen molar-refractivity contribution in [3.63, 3.8) is 0 Å². The van der Waals surface area contributed by atoms with E-state index in [2.05, 4.69) is 9.44 Å². The Bertz CT molecular complexity index is 846. The number of nitrogens with zero attached hydrogens (tertiary/aromatic N) is 1. The summed E-state index contributed by atoms with van der Waals surface area (Å²) < 4.78 is 50.4. The molecule has 0 aromatic heterocycles. The Morgan fingerprint density at radius 2 is 1.80 bits per heavy atom. The third-order valence-corrected chi connectivity index (χ3v) is 5.51. The number of benzene rings is 1. The lowest BCUT2D eigenvalue weighted by Gasteiger charge is -2.39. The zero-order valence-corrected chi connectivity index (χ0v) is 17.6. The molecular weight excluding hydrogens is 446 g/mol. The van der Waals surface area contributed by atoms with Gasteiger partial charge in [-0.2, -0.15) is 8.42 Å². The molecule has 14 heteroatoms. The highest BCUT2D eigenvalue weighted by Crippen LogP contribution is 2.32. The molecule has 0 spiro atoms. The number of hydrogen-bond acceptors (Lipinski definition) is 12. The largest absolute Gasteiger partial charge is 0.493 e. The predicted molar refractivity (Wildman–Crippen MR) is 105 cm³/mol. The SMILES string of the molecule is COc1ccc(C/C(=N/OS(=O)(=O)O)S[C@H]2O[C@@H](CO)[C@@H](O)[C@@H](O)[C@H]2O)cc1OC. The molecule has 2 rings (SSSR count). The van der Waals surface area contributed by atoms with Crippen LogP contribution in [0.3, 0.4) is 0 Å². The molecule has 5 N–H and O–H groups in total. The lowest BCUT2D eigenvalue weighted by atomic mass is 10.0. The number of aliphatic hydroxyl groups excluding tert-OH is 4. The van der Waals surface area contributed by atoms with Gasteiger partial charge < -0.3 is 34.6 Å². The van der Waals surface area contributed by atoms with Gasteiger partial charge in [0.2, 0.25) is 0 Å². The van der Waals surface area contributed by atoms with Gasteiger partial charge in [0.25, 0.3) is 0 Å². The second-order valence-electron chi connectivity index (χ2n) is 6.17. The van der Waals surface area contributed by atoms with E-state index in [4.69, 9.17) is 18.8 Å². The van der Waals surface area contributed by atoms with Crippen LogP contribution in [0.25, 0.3) is 0 Å². The summed E-state index contributed by atoms with van der Waals surface area (Å²) in [6.07, 6.45) is -5.98. The van der Waals surface area contributed by atoms with Gasteiger partial charge in [-0.1, -0.05) is 23.0 Å². The summed E-state index contributed by atoms with van der Waals surface area (Å²) in [7, 11) is -2.01. The minimum Gasteiger partial charge on any atom is -0.493 e. The Hall–Kier alpha value is -1.65. The molecular formula is C16H23NO11S2. The molecule has 1 aromatic rings. The van der Waals surface area contributed by atoms with Crippen LogP contribution in [0.4, 0.5) is 0 Å². The number of hydrogen-bond donors (Lipinski definition) is 5. The first-order valence-corrected chi connectivity index (χ1v) is 10.7. The van der Waals surface area contributed by atoms with Crippen LogP contribution in [0.1, 0.15) is 5.56 Å². The molecule has 1 heterocycles. The molecule has 1 aromatic carbocycles. The zero-order chi connectivity index (χ0) is 22.5. The monoisotopic (exact) mass is 469 g/mol. The Morgan fingerprint density at radius 1 is 1.13 bits per heavy atom. The fourth-order valence-corrected chi connectivity index (χ4v) is 3.98. The third kappa shape index (κ3) is 6.42. The van der Waals surface area contributed by atoms with Crippen LogP contribution in [-0.4, -0.2) is 89.1 Å². The second-order valence-corrected chi connectivity index (χ2v) is 8.34. The van der Waals surface area contributed by atoms with E-state index in [1.165, 1.54) is 14.2 Å². The molecule has 30 heavy (non-hydrogen) atoms. The normalized spacial score (nSPS) is 27.6. The molecule has 1 aliphatic heterocycles. The standard InChI is InChI=1S/C16H23NO11S2/c1-25-9-4-3-8(5-10(9)26-2)6-12(17-28-30(22,23)24)29-16-15(21)14(20)13(19)11(7-18)27-16/h3-5,11,13-16,18-21H,6-7H2,1-2H3,(H,22,23,24)/b17-12-/t11-,13+,14+,15+,16+/m0/s1. The predicted octanol–water partition coefficient (Wildman–Crippen LogP) is -1.09. The number of methoxy groups -OCH3 is 2. The molecule has 0 unspecified atom stereocenters. The van der Waals surface area contributed by atoms with Gasteiger partial charge in [-0.15, -0.1) is 0 Å². The van der Waals surface area contributed by atoms with Gasteiger partial charge in [0.05, 0.1) is 20.8 Å². The average molecular weight is 469 g/mol. The van der Waals surface area contributed by atoms with Crippen molar-refractivity contribution in [2.45, 2.75) is 36.3 Å². The van der Waals surface area contributed by atoms with Crippen molar-refractivity contribution in [3.05, 3.63) is 23.8 Å². The van der Waals surface area contributed by atoms with Crippen LogP contribution in [0.2, 0.25) is 0 Å². The van der Waals surface area contributed by atoms with E-state index in [0.717, 1.165) is 0 Å². The maximum absolute atomic E-state index is 10.9. The van der Waals surface area contributed by atoms with Crippen molar-refractivity contribution < 1.29 is 51.9 Å². The van der Waals surface area contributed by atoms with Gasteiger partial charge in [0, 0.05) is 6.42 Å². The Labute approximate surface area is 177 Å². The number of thioether (sulfide) groups is 1. The molecule has 1 saturated heterocycles. The van der Waals surface area contributed by atoms with Crippen molar-refractivity contribution in [1.82, 2.24) is 0 Å². The fraction of sp³-hybridized carbons (Fsp3) is 0.562. The van der Waals surface area contributed by atoms with E-state index in [1.54, 1.807) is 18.2 Å². The lowest BCUT2D eigenvalue weighted by Crippen LogP contribution is -2.57. The van der Waals surface area contributed by atoms with E-state index in [1.807, 2.05) is 0 Å². The molecule has 0 bridgehead atoms. The quantitative estimate of drug-likeness (QED) is 0.134. The van der Waals surface area contributed by atoms with Gasteiger partial charge in [-0.05, 0) is 17.7 Å². The maximum atomic E-state index is 10.9. The highest BCUT2D eigenvalue weighted by molar-refractivity contribution is 8.14. The fourth-order valence-electron chi connectivity index (χ4n) is 2.65. The van der Waals surface area contributed by atoms with E-state index in [0.29, 0.717) is 28.8 Å². The third-order valence-electron chi connectivity index (χ3n) is 4.14. The molecule has 0 amide bonds. The number of oxime groups is 1. The van der Waals surface area contributed by atoms with Crippen molar-refractivity contribution in [1.29, 1.82) is 0 Å². The summed E-state index contributed by atoms with van der Waals surface area (Å²) in [6.45, 7) is -0.633. The van der Waals surface area contributed by atoms with E-state index in [-0.39, 0.29) is 11.5 Å². The van der Waals surface area contributed by atoms with Crippen LogP contribution < -0.4 is 9.47 Å². The Balaban J connectivity index is 2.27. The molecule has 0 saturated carbocycles. The first-order chi connectivity index (χ1) is 14.1. The summed E-state index contributed by atoms with van der Waals surface area (Å²) in [5, 5.41) is 42.6. The first kappa shape index (κ1) is 24.6. The molecule has 0 radical (unpaired) electrons. The Morgan fingerprint density at radius 3 is 2.37 bits per heavy atom. The smallest absolute Gasteiger partial charge is 0.466 e. The molecule has 1 aliphatic rings. The van der Waals surface area contributed by atoms with E-state index in [9.17, 15) is 28.8 Å². The van der Waals surface area contributed by atoms with Crippen molar-refractivity contribution in [3.8, 4) is 11.5 Å². The van der Waals surface area contributed by atoms with Gasteiger partial charge >= 0.3 is 10.4 Å². The van der Waals surface area contributed by atoms with Crippen molar-refractivity contribution >= 4 is 27.2 Å². The zero-order valence-electron chi connectivity index (χ0n) is 16.0. The highest BCUT2D eigenvalue weighted by Gasteiger charge is 2.44. The maximum Gasteiger partial charge on any atom is 0.466 e. The summed E-state index contributed by atoms with van der Waals surface area (Å²) in [4.78, 5) is 0. The summed E-state index contributed by atoms with van der Waals surface area (Å²) in [5.74, 6) is 0.846. The number of rotatable bonds is 8. The van der Waals surface area contributed by atoms with Gasteiger partial charge in [-0.3, -0.25) is 4.55 Å². The number of ether oxygens (including phenoxy) is 3. The molecule has 12 nitrogen and oxygen atoms in total. The Kier molecular flexibility index (Phi) is 8.69. The molecule has 170 valence electrons.